The molecule has 0 unspecified atom stereocenters. The standard InChI is InChI=1S/C20H15N2O3/c1-11-9-14-13-5-3-4-6-16(13)22-19(14)18(21-11)12-7-8-17(23)15(10-12)20(24)25-2/h3-10,22-23H,1H2,2H3. The first kappa shape index (κ1) is 15.2. The minimum absolute atomic E-state index is 0.0977. The number of phenolic OH excluding ortho intramolecular Hbond substituents is 1. The van der Waals surface area contributed by atoms with Crippen LogP contribution in [0.5, 0.6) is 5.75 Å². The zero-order chi connectivity index (χ0) is 17.6. The molecule has 5 nitrogen and oxygen atoms in total. The molecule has 0 amide bonds. The summed E-state index contributed by atoms with van der Waals surface area (Å²) < 4.78 is 4.73. The van der Waals surface area contributed by atoms with E-state index in [9.17, 15) is 9.90 Å². The molecule has 0 aliphatic rings. The molecule has 1 radical (unpaired) electrons. The van der Waals surface area contributed by atoms with E-state index in [-0.39, 0.29) is 11.3 Å². The van der Waals surface area contributed by atoms with Crippen molar-refractivity contribution in [1.29, 1.82) is 0 Å². The highest BCUT2D eigenvalue weighted by atomic mass is 16.5. The van der Waals surface area contributed by atoms with Crippen LogP contribution in [0.15, 0.2) is 48.5 Å². The summed E-state index contributed by atoms with van der Waals surface area (Å²) in [6.07, 6.45) is 0. The largest absolute Gasteiger partial charge is 0.507 e. The van der Waals surface area contributed by atoms with Gasteiger partial charge < -0.3 is 14.8 Å². The van der Waals surface area contributed by atoms with E-state index in [4.69, 9.17) is 4.74 Å². The molecule has 0 spiro atoms. The van der Waals surface area contributed by atoms with Gasteiger partial charge in [0, 0.05) is 27.5 Å². The number of hydrogen-bond donors (Lipinski definition) is 2. The van der Waals surface area contributed by atoms with E-state index in [2.05, 4.69) is 16.9 Å². The van der Waals surface area contributed by atoms with Crippen molar-refractivity contribution < 1.29 is 14.6 Å². The number of rotatable bonds is 2. The van der Waals surface area contributed by atoms with Crippen molar-refractivity contribution >= 4 is 27.8 Å². The van der Waals surface area contributed by atoms with Gasteiger partial charge in [0.15, 0.2) is 0 Å². The summed E-state index contributed by atoms with van der Waals surface area (Å²) in [5.74, 6) is -0.729. The molecular weight excluding hydrogens is 316 g/mol. The van der Waals surface area contributed by atoms with Crippen LogP contribution in [0.1, 0.15) is 16.1 Å². The highest BCUT2D eigenvalue weighted by molar-refractivity contribution is 6.11. The van der Waals surface area contributed by atoms with Crippen molar-refractivity contribution in [3.8, 4) is 17.0 Å². The molecule has 123 valence electrons. The lowest BCUT2D eigenvalue weighted by atomic mass is 10.0. The lowest BCUT2D eigenvalue weighted by Crippen LogP contribution is -2.02. The number of para-hydroxylation sites is 1. The summed E-state index contributed by atoms with van der Waals surface area (Å²) in [5, 5.41) is 12.0. The number of fused-ring (bicyclic) bond motifs is 3. The van der Waals surface area contributed by atoms with Gasteiger partial charge >= 0.3 is 5.97 Å². The molecule has 4 rings (SSSR count). The molecule has 0 aliphatic carbocycles. The van der Waals surface area contributed by atoms with Crippen molar-refractivity contribution in [2.45, 2.75) is 0 Å². The molecule has 4 aromatic rings. The number of hydrogen-bond acceptors (Lipinski definition) is 4. The third-order valence-electron chi connectivity index (χ3n) is 4.22. The van der Waals surface area contributed by atoms with Crippen LogP contribution in [0.3, 0.4) is 0 Å². The molecule has 2 heterocycles. The number of nitrogens with one attached hydrogen (secondary N) is 1. The zero-order valence-electron chi connectivity index (χ0n) is 13.5. The van der Waals surface area contributed by atoms with Gasteiger partial charge in [-0.1, -0.05) is 18.2 Å². The van der Waals surface area contributed by atoms with Gasteiger partial charge in [0.05, 0.1) is 18.3 Å². The number of ether oxygens (including phenoxy) is 1. The maximum absolute atomic E-state index is 11.9. The molecule has 0 bridgehead atoms. The molecular formula is C20H15N2O3. The van der Waals surface area contributed by atoms with Crippen LogP contribution in [0, 0.1) is 6.92 Å². The van der Waals surface area contributed by atoms with Gasteiger partial charge in [0.25, 0.3) is 0 Å². The monoisotopic (exact) mass is 331 g/mol. The van der Waals surface area contributed by atoms with E-state index in [0.29, 0.717) is 17.0 Å². The molecule has 2 N–H and O–H groups in total. The number of nitrogens with zero attached hydrogens (tertiary/aromatic N) is 1. The lowest BCUT2D eigenvalue weighted by Gasteiger charge is -2.08. The molecule has 0 saturated carbocycles. The highest BCUT2D eigenvalue weighted by Crippen LogP contribution is 2.34. The Kier molecular flexibility index (Phi) is 3.42. The maximum Gasteiger partial charge on any atom is 0.341 e. The number of carbonyl (C=O) groups is 1. The van der Waals surface area contributed by atoms with Crippen molar-refractivity contribution in [1.82, 2.24) is 9.97 Å². The fraction of sp³-hybridized carbons (Fsp3) is 0.0500. The van der Waals surface area contributed by atoms with E-state index in [1.54, 1.807) is 12.1 Å². The van der Waals surface area contributed by atoms with E-state index >= 15 is 0 Å². The quantitative estimate of drug-likeness (QED) is 0.543. The Balaban J connectivity index is 2.03. The topological polar surface area (TPSA) is 75.2 Å². The molecule has 0 fully saturated rings. The average molecular weight is 331 g/mol. The summed E-state index contributed by atoms with van der Waals surface area (Å²) in [5.41, 5.74) is 3.94. The van der Waals surface area contributed by atoms with Crippen molar-refractivity contribution in [2.75, 3.05) is 7.11 Å². The number of aromatic amines is 1. The van der Waals surface area contributed by atoms with Gasteiger partial charge in [-0.25, -0.2) is 4.79 Å². The van der Waals surface area contributed by atoms with Gasteiger partial charge in [-0.15, -0.1) is 0 Å². The van der Waals surface area contributed by atoms with Gasteiger partial charge in [-0.3, -0.25) is 4.98 Å². The predicted octanol–water partition coefficient (Wildman–Crippen LogP) is 4.06. The van der Waals surface area contributed by atoms with E-state index in [1.807, 2.05) is 30.3 Å². The smallest absolute Gasteiger partial charge is 0.341 e. The summed E-state index contributed by atoms with van der Waals surface area (Å²) >= 11 is 0. The van der Waals surface area contributed by atoms with Crippen LogP contribution in [0.25, 0.3) is 33.1 Å². The number of aromatic nitrogens is 2. The number of esters is 1. The van der Waals surface area contributed by atoms with Crippen molar-refractivity contribution in [3.63, 3.8) is 0 Å². The Morgan fingerprint density at radius 1 is 1.16 bits per heavy atom. The number of phenols is 1. The second kappa shape index (κ2) is 5.63. The lowest BCUT2D eigenvalue weighted by molar-refractivity contribution is 0.0597. The fourth-order valence-corrected chi connectivity index (χ4v) is 3.06. The van der Waals surface area contributed by atoms with Gasteiger partial charge in [-0.05, 0) is 37.3 Å². The van der Waals surface area contributed by atoms with Crippen molar-refractivity contribution in [3.05, 3.63) is 66.7 Å². The van der Waals surface area contributed by atoms with E-state index in [1.165, 1.54) is 13.2 Å². The minimum atomic E-state index is -0.599. The van der Waals surface area contributed by atoms with Crippen LogP contribution in [0.2, 0.25) is 0 Å². The van der Waals surface area contributed by atoms with Gasteiger partial charge in [0.2, 0.25) is 0 Å². The van der Waals surface area contributed by atoms with Crippen LogP contribution >= 0.6 is 0 Å². The number of H-pyrrole nitrogens is 1. The predicted molar refractivity (Wildman–Crippen MR) is 96.5 cm³/mol. The Labute approximate surface area is 143 Å². The molecule has 5 heteroatoms. The van der Waals surface area contributed by atoms with E-state index in [0.717, 1.165) is 21.8 Å². The Morgan fingerprint density at radius 2 is 1.96 bits per heavy atom. The second-order valence-corrected chi connectivity index (χ2v) is 5.78. The molecule has 0 aliphatic heterocycles. The second-order valence-electron chi connectivity index (χ2n) is 5.78. The first-order valence-corrected chi connectivity index (χ1v) is 7.73. The summed E-state index contributed by atoms with van der Waals surface area (Å²) in [4.78, 5) is 19.8. The first-order chi connectivity index (χ1) is 12.1. The van der Waals surface area contributed by atoms with Crippen molar-refractivity contribution in [2.24, 2.45) is 0 Å². The Morgan fingerprint density at radius 3 is 2.76 bits per heavy atom. The summed E-state index contributed by atoms with van der Waals surface area (Å²) in [6, 6.07) is 14.7. The number of aromatic hydroxyl groups is 1. The molecule has 2 aromatic carbocycles. The first-order valence-electron chi connectivity index (χ1n) is 7.73. The highest BCUT2D eigenvalue weighted by Gasteiger charge is 2.16. The van der Waals surface area contributed by atoms with E-state index < -0.39 is 5.97 Å². The number of methoxy groups -OCH3 is 1. The maximum atomic E-state index is 11.9. The molecule has 2 aromatic heterocycles. The molecule has 0 atom stereocenters. The fourth-order valence-electron chi connectivity index (χ4n) is 3.06. The third kappa shape index (κ3) is 2.41. The van der Waals surface area contributed by atoms with Crippen LogP contribution < -0.4 is 0 Å². The average Bonchev–Trinajstić information content (AvgIpc) is 2.99. The number of carbonyl (C=O) groups excluding carboxylic acids is 1. The number of benzene rings is 2. The van der Waals surface area contributed by atoms with Gasteiger partial charge in [-0.2, -0.15) is 0 Å². The summed E-state index contributed by atoms with van der Waals surface area (Å²) in [6.45, 7) is 3.97. The van der Waals surface area contributed by atoms with Crippen LogP contribution in [-0.2, 0) is 4.74 Å². The SMILES string of the molecule is [CH2]c1cc2c([nH]c3ccccc32)c(-c2ccc(O)c(C(=O)OC)c2)n1. The van der Waals surface area contributed by atoms with Crippen LogP contribution in [0.4, 0.5) is 0 Å². The summed E-state index contributed by atoms with van der Waals surface area (Å²) in [7, 11) is 1.28. The van der Waals surface area contributed by atoms with Crippen LogP contribution in [-0.4, -0.2) is 28.2 Å². The molecule has 25 heavy (non-hydrogen) atoms. The van der Waals surface area contributed by atoms with Gasteiger partial charge in [0.1, 0.15) is 11.3 Å². The molecule has 0 saturated heterocycles. The third-order valence-corrected chi connectivity index (χ3v) is 4.22. The Bertz CT molecular complexity index is 1130. The zero-order valence-corrected chi connectivity index (χ0v) is 13.5. The minimum Gasteiger partial charge on any atom is -0.507 e. The normalized spacial score (nSPS) is 11.1. The number of pyridine rings is 1. The Hall–Kier alpha value is -3.34.